The van der Waals surface area contributed by atoms with E-state index in [2.05, 4.69) is 34.4 Å². The first kappa shape index (κ1) is 23.4. The highest BCUT2D eigenvalue weighted by Crippen LogP contribution is 2.22. The lowest BCUT2D eigenvalue weighted by Crippen LogP contribution is -2.35. The number of nitrogens with zero attached hydrogens (tertiary/aromatic N) is 1. The molecule has 29 heavy (non-hydrogen) atoms. The highest BCUT2D eigenvalue weighted by Gasteiger charge is 2.22. The number of benzene rings is 2. The molecule has 0 saturated carbocycles. The summed E-state index contributed by atoms with van der Waals surface area (Å²) in [6, 6.07) is 14.7. The molecular weight excluding hydrogens is 375 g/mol. The predicted molar refractivity (Wildman–Crippen MR) is 129 cm³/mol. The molecule has 1 amide bonds. The van der Waals surface area contributed by atoms with E-state index in [0.29, 0.717) is 12.2 Å². The van der Waals surface area contributed by atoms with E-state index in [9.17, 15) is 4.79 Å². The summed E-state index contributed by atoms with van der Waals surface area (Å²) in [5.41, 5.74) is 10.5. The van der Waals surface area contributed by atoms with Crippen LogP contribution < -0.4 is 16.1 Å². The molecule has 0 aliphatic rings. The third-order valence-electron chi connectivity index (χ3n) is 5.12. The van der Waals surface area contributed by atoms with Gasteiger partial charge in [0.1, 0.15) is 14.6 Å². The molecule has 0 aromatic heterocycles. The standard InChI is InChI=1S/C23H35BN2O2Si/c1-17-10-11-20(15-21(17)24)26(16-28-12-13-29(4,5)6)22(27)18-8-7-9-19(14-18)23(2,3)25/h7-11,14-15H,12-13,16,24-25H2,1-6H3. The van der Waals surface area contributed by atoms with Gasteiger partial charge in [0.2, 0.25) is 0 Å². The molecule has 4 nitrogen and oxygen atoms in total. The fourth-order valence-electron chi connectivity index (χ4n) is 2.89. The fourth-order valence-corrected chi connectivity index (χ4v) is 3.64. The molecular formula is C23H35BN2O2Si. The number of ether oxygens (including phenoxy) is 1. The Morgan fingerprint density at radius 2 is 1.86 bits per heavy atom. The Kier molecular flexibility index (Phi) is 7.49. The van der Waals surface area contributed by atoms with Crippen molar-refractivity contribution in [2.24, 2.45) is 5.73 Å². The predicted octanol–water partition coefficient (Wildman–Crippen LogP) is 3.41. The van der Waals surface area contributed by atoms with Crippen molar-refractivity contribution < 1.29 is 9.53 Å². The summed E-state index contributed by atoms with van der Waals surface area (Å²) >= 11 is 0. The van der Waals surface area contributed by atoms with E-state index in [1.807, 2.05) is 56.3 Å². The zero-order valence-corrected chi connectivity index (χ0v) is 20.0. The highest BCUT2D eigenvalue weighted by molar-refractivity contribution is 6.76. The molecule has 2 aromatic rings. The van der Waals surface area contributed by atoms with E-state index in [-0.39, 0.29) is 12.6 Å². The van der Waals surface area contributed by atoms with Gasteiger partial charge < -0.3 is 10.5 Å². The van der Waals surface area contributed by atoms with Crippen molar-refractivity contribution in [1.29, 1.82) is 0 Å². The van der Waals surface area contributed by atoms with Gasteiger partial charge in [-0.2, -0.15) is 0 Å². The summed E-state index contributed by atoms with van der Waals surface area (Å²) in [6.07, 6.45) is 0. The quantitative estimate of drug-likeness (QED) is 0.412. The SMILES string of the molecule is Bc1cc(N(COCC[Si](C)(C)C)C(=O)c2cccc(C(C)(C)N)c2)ccc1C. The minimum atomic E-state index is -1.19. The molecule has 2 aromatic carbocycles. The van der Waals surface area contributed by atoms with E-state index in [4.69, 9.17) is 10.5 Å². The topological polar surface area (TPSA) is 55.6 Å². The number of nitrogens with two attached hydrogens (primary N) is 1. The second-order valence-electron chi connectivity index (χ2n) is 9.65. The summed E-state index contributed by atoms with van der Waals surface area (Å²) in [4.78, 5) is 15.1. The van der Waals surface area contributed by atoms with Crippen LogP contribution in [0.15, 0.2) is 42.5 Å². The van der Waals surface area contributed by atoms with Crippen LogP contribution in [0.4, 0.5) is 5.69 Å². The van der Waals surface area contributed by atoms with Gasteiger partial charge in [0, 0.05) is 31.5 Å². The van der Waals surface area contributed by atoms with Gasteiger partial charge in [-0.15, -0.1) is 0 Å². The second-order valence-corrected chi connectivity index (χ2v) is 15.3. The first-order valence-corrected chi connectivity index (χ1v) is 14.0. The number of carbonyl (C=O) groups excluding carboxylic acids is 1. The Morgan fingerprint density at radius 1 is 1.17 bits per heavy atom. The van der Waals surface area contributed by atoms with Crippen molar-refractivity contribution >= 4 is 33.0 Å². The zero-order chi connectivity index (χ0) is 21.8. The van der Waals surface area contributed by atoms with Crippen molar-refractivity contribution in [3.05, 3.63) is 59.2 Å². The average Bonchev–Trinajstić information content (AvgIpc) is 2.62. The molecule has 0 saturated heterocycles. The average molecular weight is 410 g/mol. The first-order valence-electron chi connectivity index (χ1n) is 10.2. The van der Waals surface area contributed by atoms with Crippen LogP contribution in [0.3, 0.4) is 0 Å². The van der Waals surface area contributed by atoms with Crippen molar-refractivity contribution in [2.45, 2.75) is 52.0 Å². The Balaban J connectivity index is 2.31. The lowest BCUT2D eigenvalue weighted by atomic mass is 9.90. The summed E-state index contributed by atoms with van der Waals surface area (Å²) in [5.74, 6) is -0.0765. The maximum absolute atomic E-state index is 13.4. The second kappa shape index (κ2) is 9.29. The van der Waals surface area contributed by atoms with Gasteiger partial charge >= 0.3 is 0 Å². The number of aryl methyl sites for hydroxylation is 1. The maximum Gasteiger partial charge on any atom is 0.260 e. The Labute approximate surface area is 177 Å². The zero-order valence-electron chi connectivity index (χ0n) is 19.0. The number of amides is 1. The molecule has 0 aliphatic carbocycles. The smallest absolute Gasteiger partial charge is 0.260 e. The normalized spacial score (nSPS) is 12.1. The van der Waals surface area contributed by atoms with Crippen molar-refractivity contribution in [2.75, 3.05) is 18.2 Å². The minimum absolute atomic E-state index is 0.0765. The Morgan fingerprint density at radius 3 is 2.45 bits per heavy atom. The van der Waals surface area contributed by atoms with Crippen LogP contribution in [-0.2, 0) is 10.3 Å². The van der Waals surface area contributed by atoms with Crippen LogP contribution in [0.25, 0.3) is 0 Å². The lowest BCUT2D eigenvalue weighted by molar-refractivity contribution is 0.0900. The van der Waals surface area contributed by atoms with Crippen LogP contribution in [-0.4, -0.2) is 35.2 Å². The van der Waals surface area contributed by atoms with Crippen LogP contribution in [0.1, 0.15) is 35.3 Å². The van der Waals surface area contributed by atoms with Gasteiger partial charge in [-0.3, -0.25) is 9.69 Å². The molecule has 0 heterocycles. The van der Waals surface area contributed by atoms with Gasteiger partial charge in [-0.25, -0.2) is 0 Å². The number of anilines is 1. The molecule has 0 spiro atoms. The van der Waals surface area contributed by atoms with Crippen LogP contribution >= 0.6 is 0 Å². The first-order chi connectivity index (χ1) is 13.4. The Bertz CT molecular complexity index is 857. The molecule has 0 unspecified atom stereocenters. The molecule has 2 rings (SSSR count). The van der Waals surface area contributed by atoms with E-state index in [1.54, 1.807) is 4.90 Å². The summed E-state index contributed by atoms with van der Waals surface area (Å²) in [6.45, 7) is 13.8. The molecule has 6 heteroatoms. The summed E-state index contributed by atoms with van der Waals surface area (Å²) < 4.78 is 5.95. The molecule has 0 aliphatic heterocycles. The van der Waals surface area contributed by atoms with Gasteiger partial charge in [0.05, 0.1) is 0 Å². The van der Waals surface area contributed by atoms with Crippen molar-refractivity contribution in [1.82, 2.24) is 0 Å². The van der Waals surface area contributed by atoms with E-state index >= 15 is 0 Å². The summed E-state index contributed by atoms with van der Waals surface area (Å²) in [5, 5.41) is 0. The summed E-state index contributed by atoms with van der Waals surface area (Å²) in [7, 11) is 0.874. The van der Waals surface area contributed by atoms with E-state index in [1.165, 1.54) is 5.56 Å². The number of hydrogen-bond donors (Lipinski definition) is 1. The van der Waals surface area contributed by atoms with Crippen molar-refractivity contribution in [3.8, 4) is 0 Å². The largest absolute Gasteiger partial charge is 0.361 e. The van der Waals surface area contributed by atoms with Crippen LogP contribution in [0.5, 0.6) is 0 Å². The molecule has 2 N–H and O–H groups in total. The Hall–Kier alpha value is -1.89. The molecule has 0 bridgehead atoms. The van der Waals surface area contributed by atoms with Gasteiger partial charge in [-0.05, 0) is 56.6 Å². The fraction of sp³-hybridized carbons (Fsp3) is 0.435. The third kappa shape index (κ3) is 6.84. The minimum Gasteiger partial charge on any atom is -0.361 e. The number of carbonyl (C=O) groups is 1. The highest BCUT2D eigenvalue weighted by atomic mass is 28.3. The van der Waals surface area contributed by atoms with Gasteiger partial charge in [-0.1, -0.05) is 48.9 Å². The van der Waals surface area contributed by atoms with E-state index in [0.717, 1.165) is 22.8 Å². The molecule has 156 valence electrons. The van der Waals surface area contributed by atoms with Gasteiger partial charge in [0.15, 0.2) is 0 Å². The molecule has 0 radical (unpaired) electrons. The third-order valence-corrected chi connectivity index (χ3v) is 6.82. The monoisotopic (exact) mass is 410 g/mol. The van der Waals surface area contributed by atoms with Crippen LogP contribution in [0.2, 0.25) is 25.7 Å². The lowest BCUT2D eigenvalue weighted by Gasteiger charge is -2.26. The number of rotatable bonds is 8. The van der Waals surface area contributed by atoms with E-state index < -0.39 is 13.6 Å². The van der Waals surface area contributed by atoms with Crippen molar-refractivity contribution in [3.63, 3.8) is 0 Å². The van der Waals surface area contributed by atoms with Crippen LogP contribution in [0, 0.1) is 6.92 Å². The molecule has 0 fully saturated rings. The molecule has 0 atom stereocenters. The maximum atomic E-state index is 13.4. The number of hydrogen-bond acceptors (Lipinski definition) is 3. The van der Waals surface area contributed by atoms with Gasteiger partial charge in [0.25, 0.3) is 5.91 Å².